The van der Waals surface area contributed by atoms with Crippen LogP contribution in [0.1, 0.15) is 15.5 Å². The van der Waals surface area contributed by atoms with Crippen LogP contribution in [0.15, 0.2) is 43.2 Å². The highest BCUT2D eigenvalue weighted by Gasteiger charge is 2.23. The fraction of sp³-hybridized carbons (Fsp3) is 0.182. The molecule has 33 heavy (non-hydrogen) atoms. The maximum absolute atomic E-state index is 12.0. The van der Waals surface area contributed by atoms with Crippen LogP contribution in [-0.2, 0) is 17.9 Å². The molecule has 0 saturated heterocycles. The molecule has 0 bridgehead atoms. The number of anilines is 2. The van der Waals surface area contributed by atoms with E-state index in [2.05, 4.69) is 26.8 Å². The first kappa shape index (κ1) is 20.8. The summed E-state index contributed by atoms with van der Waals surface area (Å²) in [6.07, 6.45) is 5.33. The second-order valence-corrected chi connectivity index (χ2v) is 8.33. The zero-order valence-corrected chi connectivity index (χ0v) is 18.5. The summed E-state index contributed by atoms with van der Waals surface area (Å²) in [5.41, 5.74) is 2.97. The number of pyridine rings is 2. The monoisotopic (exact) mass is 461 g/mol. The van der Waals surface area contributed by atoms with Crippen molar-refractivity contribution in [2.75, 3.05) is 19.0 Å². The minimum absolute atomic E-state index is 0.107. The smallest absolute Gasteiger partial charge is 0.246 e. The van der Waals surface area contributed by atoms with Crippen molar-refractivity contribution in [3.63, 3.8) is 0 Å². The Morgan fingerprint density at radius 3 is 2.88 bits per heavy atom. The molecule has 10 nitrogen and oxygen atoms in total. The van der Waals surface area contributed by atoms with E-state index in [4.69, 9.17) is 9.72 Å². The standard InChI is InChI=1S/C22H19N7O3S/c1-3-19(31)28-6-7-29-18(11-28)25-16-8-13(9-23-21(16)29)15-4-5-17(32-2)20(26-15)27-22-24-10-14(12-30)33-22/h3-5,8-10,12H,1,6-7,11H2,2H3,(H,24,26,27). The summed E-state index contributed by atoms with van der Waals surface area (Å²) in [4.78, 5) is 43.3. The van der Waals surface area contributed by atoms with Gasteiger partial charge >= 0.3 is 0 Å². The second-order valence-electron chi connectivity index (χ2n) is 7.27. The molecule has 1 aliphatic rings. The lowest BCUT2D eigenvalue weighted by Gasteiger charge is -2.26. The number of thiazole rings is 1. The Bertz CT molecular complexity index is 1390. The van der Waals surface area contributed by atoms with Gasteiger partial charge in [0.05, 0.1) is 30.4 Å². The SMILES string of the molecule is C=CC(=O)N1CCn2c(nc3cc(-c4ccc(OC)c(Nc5ncc(C=O)s5)n4)cnc32)C1. The van der Waals surface area contributed by atoms with Gasteiger partial charge in [-0.2, -0.15) is 0 Å². The minimum Gasteiger partial charge on any atom is -0.493 e. The van der Waals surface area contributed by atoms with Crippen molar-refractivity contribution in [3.05, 3.63) is 53.9 Å². The third-order valence-corrected chi connectivity index (χ3v) is 6.15. The van der Waals surface area contributed by atoms with E-state index in [1.54, 1.807) is 24.3 Å². The summed E-state index contributed by atoms with van der Waals surface area (Å²) < 4.78 is 7.45. The Hall–Kier alpha value is -4.12. The van der Waals surface area contributed by atoms with Crippen LogP contribution in [0, 0.1) is 0 Å². The van der Waals surface area contributed by atoms with Gasteiger partial charge in [-0.25, -0.2) is 19.9 Å². The van der Waals surface area contributed by atoms with Gasteiger partial charge in [0.2, 0.25) is 5.91 Å². The molecule has 1 aliphatic heterocycles. The molecule has 0 saturated carbocycles. The number of ether oxygens (including phenoxy) is 1. The third-order valence-electron chi connectivity index (χ3n) is 5.32. The first-order valence-corrected chi connectivity index (χ1v) is 10.9. The van der Waals surface area contributed by atoms with E-state index < -0.39 is 0 Å². The Kier molecular flexibility index (Phi) is 5.31. The second kappa shape index (κ2) is 8.43. The van der Waals surface area contributed by atoms with Crippen LogP contribution in [0.25, 0.3) is 22.4 Å². The molecule has 0 aromatic carbocycles. The highest BCUT2D eigenvalue weighted by Crippen LogP contribution is 2.31. The number of methoxy groups -OCH3 is 1. The number of aldehydes is 1. The molecule has 0 radical (unpaired) electrons. The van der Waals surface area contributed by atoms with Crippen LogP contribution in [-0.4, -0.2) is 55.3 Å². The Morgan fingerprint density at radius 1 is 1.24 bits per heavy atom. The highest BCUT2D eigenvalue weighted by molar-refractivity contribution is 7.17. The number of amides is 1. The summed E-state index contributed by atoms with van der Waals surface area (Å²) >= 11 is 1.22. The Morgan fingerprint density at radius 2 is 2.12 bits per heavy atom. The lowest BCUT2D eigenvalue weighted by Crippen LogP contribution is -2.37. The Balaban J connectivity index is 1.48. The van der Waals surface area contributed by atoms with Crippen molar-refractivity contribution in [2.45, 2.75) is 13.1 Å². The number of rotatable bonds is 6. The summed E-state index contributed by atoms with van der Waals surface area (Å²) in [6.45, 7) is 5.19. The van der Waals surface area contributed by atoms with Gasteiger partial charge in [-0.3, -0.25) is 9.59 Å². The van der Waals surface area contributed by atoms with Crippen molar-refractivity contribution in [3.8, 4) is 17.0 Å². The Labute approximate surface area is 192 Å². The lowest BCUT2D eigenvalue weighted by molar-refractivity contribution is -0.127. The molecule has 1 amide bonds. The molecule has 4 aromatic heterocycles. The maximum Gasteiger partial charge on any atom is 0.246 e. The number of fused-ring (bicyclic) bond motifs is 3. The van der Waals surface area contributed by atoms with E-state index in [-0.39, 0.29) is 5.91 Å². The van der Waals surface area contributed by atoms with Crippen LogP contribution in [0.4, 0.5) is 10.9 Å². The molecular weight excluding hydrogens is 442 g/mol. The van der Waals surface area contributed by atoms with E-state index >= 15 is 0 Å². The molecule has 166 valence electrons. The predicted molar refractivity (Wildman–Crippen MR) is 124 cm³/mol. The van der Waals surface area contributed by atoms with Crippen molar-refractivity contribution in [2.24, 2.45) is 0 Å². The van der Waals surface area contributed by atoms with Crippen LogP contribution >= 0.6 is 11.3 Å². The number of nitrogens with one attached hydrogen (secondary N) is 1. The summed E-state index contributed by atoms with van der Waals surface area (Å²) in [5, 5.41) is 3.65. The molecule has 5 heterocycles. The van der Waals surface area contributed by atoms with E-state index in [0.29, 0.717) is 46.9 Å². The summed E-state index contributed by atoms with van der Waals surface area (Å²) in [6, 6.07) is 5.58. The largest absolute Gasteiger partial charge is 0.493 e. The van der Waals surface area contributed by atoms with Crippen molar-refractivity contribution >= 4 is 45.6 Å². The molecule has 11 heteroatoms. The molecular formula is C22H19N7O3S. The van der Waals surface area contributed by atoms with Gasteiger partial charge < -0.3 is 19.5 Å². The van der Waals surface area contributed by atoms with Crippen LogP contribution in [0.5, 0.6) is 5.75 Å². The van der Waals surface area contributed by atoms with E-state index in [1.807, 2.05) is 16.7 Å². The molecule has 0 atom stereocenters. The number of imidazole rings is 1. The number of carbonyl (C=O) groups is 2. The van der Waals surface area contributed by atoms with Crippen molar-refractivity contribution < 1.29 is 14.3 Å². The van der Waals surface area contributed by atoms with E-state index in [9.17, 15) is 9.59 Å². The quantitative estimate of drug-likeness (QED) is 0.344. The zero-order valence-electron chi connectivity index (χ0n) is 17.7. The molecule has 0 fully saturated rings. The summed E-state index contributed by atoms with van der Waals surface area (Å²) in [7, 11) is 1.56. The van der Waals surface area contributed by atoms with Gasteiger partial charge in [-0.05, 0) is 24.3 Å². The normalized spacial score (nSPS) is 12.9. The van der Waals surface area contributed by atoms with Crippen LogP contribution in [0.3, 0.4) is 0 Å². The number of nitrogens with zero attached hydrogens (tertiary/aromatic N) is 6. The van der Waals surface area contributed by atoms with Crippen molar-refractivity contribution in [1.82, 2.24) is 29.4 Å². The van der Waals surface area contributed by atoms with Gasteiger partial charge in [0.15, 0.2) is 28.6 Å². The third kappa shape index (κ3) is 3.82. The number of hydrogen-bond acceptors (Lipinski definition) is 9. The van der Waals surface area contributed by atoms with Gasteiger partial charge in [-0.1, -0.05) is 17.9 Å². The lowest BCUT2D eigenvalue weighted by atomic mass is 10.2. The molecule has 4 aromatic rings. The van der Waals surface area contributed by atoms with Crippen LogP contribution in [0.2, 0.25) is 0 Å². The van der Waals surface area contributed by atoms with Crippen molar-refractivity contribution in [1.29, 1.82) is 0 Å². The molecule has 1 N–H and O–H groups in total. The van der Waals surface area contributed by atoms with E-state index in [1.165, 1.54) is 23.6 Å². The summed E-state index contributed by atoms with van der Waals surface area (Å²) in [5.74, 6) is 1.70. The highest BCUT2D eigenvalue weighted by atomic mass is 32.1. The topological polar surface area (TPSA) is 115 Å². The van der Waals surface area contributed by atoms with Gasteiger partial charge in [0.1, 0.15) is 11.3 Å². The number of aromatic nitrogens is 5. The first-order valence-electron chi connectivity index (χ1n) is 10.1. The molecule has 0 aliphatic carbocycles. The molecule has 0 unspecified atom stereocenters. The zero-order chi connectivity index (χ0) is 22.9. The van der Waals surface area contributed by atoms with Gasteiger partial charge in [0.25, 0.3) is 0 Å². The molecule has 5 rings (SSSR count). The fourth-order valence-corrected chi connectivity index (χ4v) is 4.33. The number of carbonyl (C=O) groups excluding carboxylic acids is 2. The number of hydrogen-bond donors (Lipinski definition) is 1. The maximum atomic E-state index is 12.0. The van der Waals surface area contributed by atoms with Gasteiger partial charge in [0, 0.05) is 24.8 Å². The minimum atomic E-state index is -0.107. The molecule has 0 spiro atoms. The predicted octanol–water partition coefficient (Wildman–Crippen LogP) is 3.04. The van der Waals surface area contributed by atoms with E-state index in [0.717, 1.165) is 28.8 Å². The first-order chi connectivity index (χ1) is 16.1. The average Bonchev–Trinajstić information content (AvgIpc) is 3.46. The fourth-order valence-electron chi connectivity index (χ4n) is 3.70. The average molecular weight is 462 g/mol. The van der Waals surface area contributed by atoms with Crippen LogP contribution < -0.4 is 10.1 Å². The van der Waals surface area contributed by atoms with Gasteiger partial charge in [-0.15, -0.1) is 0 Å².